The summed E-state index contributed by atoms with van der Waals surface area (Å²) < 4.78 is 27.6. The highest BCUT2D eigenvalue weighted by molar-refractivity contribution is 5.89. The average Bonchev–Trinajstić information content (AvgIpc) is 3.53. The first-order valence-electron chi connectivity index (χ1n) is 11.6. The van der Waals surface area contributed by atoms with Gasteiger partial charge in [-0.15, -0.1) is 0 Å². The molecule has 172 valence electrons. The van der Waals surface area contributed by atoms with Gasteiger partial charge in [0.1, 0.15) is 0 Å². The van der Waals surface area contributed by atoms with Gasteiger partial charge in [0.15, 0.2) is 5.78 Å². The Hall–Kier alpha value is -2.49. The maximum atomic E-state index is 13.8. The quantitative estimate of drug-likeness (QED) is 0.690. The minimum absolute atomic E-state index is 0.0815. The van der Waals surface area contributed by atoms with Crippen LogP contribution in [0.15, 0.2) is 24.3 Å². The monoisotopic (exact) mass is 443 g/mol. The number of fused-ring (bicyclic) bond motifs is 2. The molecule has 0 aromatic heterocycles. The highest BCUT2D eigenvalue weighted by atomic mass is 19.3. The van der Waals surface area contributed by atoms with Gasteiger partial charge >= 0.3 is 6.03 Å². The number of halogens is 2. The van der Waals surface area contributed by atoms with Crippen molar-refractivity contribution in [2.75, 3.05) is 13.1 Å². The van der Waals surface area contributed by atoms with Gasteiger partial charge in [-0.05, 0) is 63.0 Å². The van der Waals surface area contributed by atoms with E-state index in [9.17, 15) is 23.6 Å². The normalized spacial score (nSPS) is 24.9. The minimum Gasteiger partial charge on any atom is -0.328 e. The molecule has 1 spiro atoms. The lowest BCUT2D eigenvalue weighted by atomic mass is 9.66. The summed E-state index contributed by atoms with van der Waals surface area (Å²) in [6.45, 7) is 1.83. The predicted molar refractivity (Wildman–Crippen MR) is 116 cm³/mol. The number of carbonyl (C=O) groups excluding carboxylic acids is 2. The smallest absolute Gasteiger partial charge is 0.318 e. The van der Waals surface area contributed by atoms with Gasteiger partial charge in [0.25, 0.3) is 0 Å². The molecule has 3 aliphatic rings. The lowest BCUT2D eigenvalue weighted by Gasteiger charge is -2.46. The van der Waals surface area contributed by atoms with Crippen LogP contribution in [-0.4, -0.2) is 41.8 Å². The zero-order chi connectivity index (χ0) is 23.0. The van der Waals surface area contributed by atoms with E-state index in [-0.39, 0.29) is 11.8 Å². The van der Waals surface area contributed by atoms with E-state index in [1.54, 1.807) is 4.90 Å². The second-order valence-electron chi connectivity index (χ2n) is 10.1. The molecule has 0 bridgehead atoms. The van der Waals surface area contributed by atoms with Crippen LogP contribution in [0, 0.1) is 16.7 Å². The van der Waals surface area contributed by atoms with Crippen molar-refractivity contribution < 1.29 is 18.4 Å². The fourth-order valence-electron chi connectivity index (χ4n) is 5.52. The molecule has 1 unspecified atom stereocenters. The Morgan fingerprint density at radius 2 is 1.94 bits per heavy atom. The molecule has 4 rings (SSSR count). The topological polar surface area (TPSA) is 73.2 Å². The lowest BCUT2D eigenvalue weighted by molar-refractivity contribution is -0.124. The van der Waals surface area contributed by atoms with Gasteiger partial charge in [-0.25, -0.2) is 13.6 Å². The SMILES string of the molecule is CC(F)(F)C[C@H](NC(=O)N1CCCC2(CCCc3ccccc32)C1)C(=O)CC1(C#N)CC1. The molecule has 7 heteroatoms. The van der Waals surface area contributed by atoms with E-state index in [0.717, 1.165) is 39.0 Å². The van der Waals surface area contributed by atoms with E-state index >= 15 is 0 Å². The van der Waals surface area contributed by atoms with Crippen LogP contribution in [0.4, 0.5) is 13.6 Å². The molecule has 1 aliphatic heterocycles. The third kappa shape index (κ3) is 4.79. The molecule has 2 atom stereocenters. The van der Waals surface area contributed by atoms with Crippen LogP contribution in [0.25, 0.3) is 0 Å². The Morgan fingerprint density at radius 3 is 2.62 bits per heavy atom. The number of hydrogen-bond donors (Lipinski definition) is 1. The van der Waals surface area contributed by atoms with Crippen LogP contribution in [-0.2, 0) is 16.6 Å². The molecular weight excluding hydrogens is 412 g/mol. The average molecular weight is 444 g/mol. The van der Waals surface area contributed by atoms with E-state index in [1.807, 2.05) is 12.1 Å². The standard InChI is InChI=1S/C25H31F2N3O2/c1-23(26,27)14-20(21(31)15-24(16-28)11-12-24)29-22(32)30-13-5-10-25(17-30)9-4-7-18-6-2-3-8-19(18)25/h2-3,6,8,20H,4-5,7,9-15,17H2,1H3,(H,29,32)/t20-,25?/m0/s1. The fraction of sp³-hybridized carbons (Fsp3) is 0.640. The summed E-state index contributed by atoms with van der Waals surface area (Å²) in [5.74, 6) is -3.57. The molecular formula is C25H31F2N3O2. The van der Waals surface area contributed by atoms with Crippen molar-refractivity contribution >= 4 is 11.8 Å². The second kappa shape index (κ2) is 8.46. The molecule has 1 heterocycles. The zero-order valence-corrected chi connectivity index (χ0v) is 18.6. The first kappa shape index (κ1) is 22.7. The maximum Gasteiger partial charge on any atom is 0.318 e. The molecule has 5 nitrogen and oxygen atoms in total. The number of hydrogen-bond acceptors (Lipinski definition) is 3. The third-order valence-electron chi connectivity index (χ3n) is 7.41. The molecule has 2 fully saturated rings. The van der Waals surface area contributed by atoms with Gasteiger partial charge in [0.05, 0.1) is 17.5 Å². The summed E-state index contributed by atoms with van der Waals surface area (Å²) in [6.07, 6.45) is 5.30. The number of likely N-dealkylation sites (tertiary alicyclic amines) is 1. The molecule has 0 radical (unpaired) electrons. The van der Waals surface area contributed by atoms with E-state index in [4.69, 9.17) is 0 Å². The van der Waals surface area contributed by atoms with Crippen LogP contribution >= 0.6 is 0 Å². The summed E-state index contributed by atoms with van der Waals surface area (Å²) in [4.78, 5) is 27.6. The Balaban J connectivity index is 1.48. The van der Waals surface area contributed by atoms with Gasteiger partial charge in [-0.1, -0.05) is 24.3 Å². The first-order valence-corrected chi connectivity index (χ1v) is 11.6. The molecule has 1 N–H and O–H groups in total. The molecule has 1 aromatic carbocycles. The third-order valence-corrected chi connectivity index (χ3v) is 7.41. The number of Topliss-reactive ketones (excluding diaryl/α,β-unsaturated/α-hetero) is 1. The summed E-state index contributed by atoms with van der Waals surface area (Å²) in [6, 6.07) is 8.76. The van der Waals surface area contributed by atoms with Crippen molar-refractivity contribution in [1.29, 1.82) is 5.26 Å². The van der Waals surface area contributed by atoms with Gasteiger partial charge in [-0.3, -0.25) is 4.79 Å². The van der Waals surface area contributed by atoms with Crippen LogP contribution in [0.1, 0.15) is 69.4 Å². The van der Waals surface area contributed by atoms with Gasteiger partial charge < -0.3 is 10.2 Å². The Morgan fingerprint density at radius 1 is 1.22 bits per heavy atom. The summed E-state index contributed by atoms with van der Waals surface area (Å²) in [7, 11) is 0. The van der Waals surface area contributed by atoms with E-state index in [1.165, 1.54) is 11.1 Å². The number of amides is 2. The number of benzene rings is 1. The van der Waals surface area contributed by atoms with Crippen LogP contribution in [0.3, 0.4) is 0 Å². The number of rotatable bonds is 6. The fourth-order valence-corrected chi connectivity index (χ4v) is 5.52. The number of nitrogens with one attached hydrogen (secondary N) is 1. The van der Waals surface area contributed by atoms with E-state index in [2.05, 4.69) is 23.5 Å². The van der Waals surface area contributed by atoms with Crippen molar-refractivity contribution in [2.24, 2.45) is 5.41 Å². The summed E-state index contributed by atoms with van der Waals surface area (Å²) in [5, 5.41) is 11.9. The van der Waals surface area contributed by atoms with Gasteiger partial charge in [0, 0.05) is 31.3 Å². The van der Waals surface area contributed by atoms with E-state index in [0.29, 0.717) is 25.9 Å². The predicted octanol–water partition coefficient (Wildman–Crippen LogP) is 4.74. The van der Waals surface area contributed by atoms with Gasteiger partial charge in [0.2, 0.25) is 5.92 Å². The van der Waals surface area contributed by atoms with Crippen LogP contribution in [0.5, 0.6) is 0 Å². The number of urea groups is 1. The highest BCUT2D eigenvalue weighted by Gasteiger charge is 2.47. The van der Waals surface area contributed by atoms with Crippen molar-refractivity contribution in [3.05, 3.63) is 35.4 Å². The summed E-state index contributed by atoms with van der Waals surface area (Å²) in [5.41, 5.74) is 1.77. The van der Waals surface area contributed by atoms with Gasteiger partial charge in [-0.2, -0.15) is 5.26 Å². The second-order valence-corrected chi connectivity index (χ2v) is 10.1. The Kier molecular flexibility index (Phi) is 6.00. The van der Waals surface area contributed by atoms with Crippen molar-refractivity contribution in [1.82, 2.24) is 10.2 Å². The molecule has 32 heavy (non-hydrogen) atoms. The maximum absolute atomic E-state index is 13.8. The number of ketones is 1. The molecule has 2 aliphatic carbocycles. The number of aryl methyl sites for hydroxylation is 1. The number of piperidine rings is 1. The number of nitrogens with zero attached hydrogens (tertiary/aromatic N) is 2. The molecule has 2 amide bonds. The lowest BCUT2D eigenvalue weighted by Crippen LogP contribution is -2.55. The van der Waals surface area contributed by atoms with Crippen LogP contribution in [0.2, 0.25) is 0 Å². The first-order chi connectivity index (χ1) is 15.2. The van der Waals surface area contributed by atoms with E-state index < -0.39 is 35.6 Å². The van der Waals surface area contributed by atoms with Crippen LogP contribution < -0.4 is 5.32 Å². The number of nitriles is 1. The Bertz CT molecular complexity index is 932. The van der Waals surface area contributed by atoms with Crippen molar-refractivity contribution in [3.8, 4) is 6.07 Å². The molecule has 1 aromatic rings. The number of alkyl halides is 2. The summed E-state index contributed by atoms with van der Waals surface area (Å²) >= 11 is 0. The van der Waals surface area contributed by atoms with Crippen molar-refractivity contribution in [3.63, 3.8) is 0 Å². The Labute approximate surface area is 188 Å². The molecule has 1 saturated heterocycles. The zero-order valence-electron chi connectivity index (χ0n) is 18.6. The number of carbonyl (C=O) groups is 2. The largest absolute Gasteiger partial charge is 0.328 e. The minimum atomic E-state index is -3.09. The highest BCUT2D eigenvalue weighted by Crippen LogP contribution is 2.48. The molecule has 1 saturated carbocycles. The van der Waals surface area contributed by atoms with Crippen molar-refractivity contribution in [2.45, 2.75) is 82.1 Å².